The second-order valence-corrected chi connectivity index (χ2v) is 8.03. The highest BCUT2D eigenvalue weighted by Crippen LogP contribution is 2.43. The van der Waals surface area contributed by atoms with Gasteiger partial charge in [-0.05, 0) is 30.5 Å². The number of rotatable bonds is 3. The molecule has 0 bridgehead atoms. The number of hydrogen-bond donors (Lipinski definition) is 2. The van der Waals surface area contributed by atoms with Gasteiger partial charge >= 0.3 is 0 Å². The molecule has 1 aliphatic carbocycles. The maximum atomic E-state index is 13.2. The maximum absolute atomic E-state index is 13.2. The predicted molar refractivity (Wildman–Crippen MR) is 114 cm³/mol. The Bertz CT molecular complexity index is 1140. The van der Waals surface area contributed by atoms with Crippen LogP contribution in [0.4, 0.5) is 0 Å². The lowest BCUT2D eigenvalue weighted by atomic mass is 9.91. The number of aromatic nitrogens is 2. The van der Waals surface area contributed by atoms with Gasteiger partial charge in [-0.25, -0.2) is 0 Å². The Morgan fingerprint density at radius 3 is 2.63 bits per heavy atom. The molecule has 2 aromatic heterocycles. The molecule has 3 aromatic rings. The van der Waals surface area contributed by atoms with Crippen LogP contribution in [0.1, 0.15) is 49.3 Å². The van der Waals surface area contributed by atoms with Gasteiger partial charge in [0, 0.05) is 41.1 Å². The first kappa shape index (κ1) is 18.6. The third-order valence-corrected chi connectivity index (χ3v) is 6.29. The molecule has 1 amide bonds. The quantitative estimate of drug-likeness (QED) is 0.389. The van der Waals surface area contributed by atoms with E-state index in [0.717, 1.165) is 48.6 Å². The van der Waals surface area contributed by atoms with E-state index in [2.05, 4.69) is 9.97 Å². The van der Waals surface area contributed by atoms with E-state index in [1.165, 1.54) is 0 Å². The number of hydrogen-bond acceptors (Lipinski definition) is 4. The van der Waals surface area contributed by atoms with Gasteiger partial charge in [-0.1, -0.05) is 43.5 Å². The van der Waals surface area contributed by atoms with Gasteiger partial charge in [0.15, 0.2) is 0 Å². The first-order valence-electron chi connectivity index (χ1n) is 10.4. The first-order valence-corrected chi connectivity index (χ1v) is 10.4. The van der Waals surface area contributed by atoms with E-state index in [4.69, 9.17) is 0 Å². The van der Waals surface area contributed by atoms with Crippen molar-refractivity contribution in [2.45, 2.75) is 44.2 Å². The number of fused-ring (bicyclic) bond motifs is 1. The highest BCUT2D eigenvalue weighted by Gasteiger charge is 2.49. The Labute approximate surface area is 174 Å². The van der Waals surface area contributed by atoms with Crippen LogP contribution in [-0.2, 0) is 9.59 Å². The molecule has 3 heterocycles. The number of Topliss-reactive ketones (excluding diaryl/α,β-unsaturated/α-hetero) is 1. The standard InChI is InChI=1S/C24H23N3O3/c28-22(18-14-26-19-11-5-4-10-17(18)19)20-21(15-7-6-12-25-13-15)27(24(30)23(20)29)16-8-2-1-3-9-16/h4-7,10-14,16,21,26,28H,1-3,8-9H2/b22-20-. The fourth-order valence-electron chi connectivity index (χ4n) is 4.86. The van der Waals surface area contributed by atoms with E-state index in [9.17, 15) is 14.7 Å². The molecule has 0 radical (unpaired) electrons. The third-order valence-electron chi connectivity index (χ3n) is 6.29. The molecular weight excluding hydrogens is 378 g/mol. The van der Waals surface area contributed by atoms with Gasteiger partial charge in [0.2, 0.25) is 0 Å². The number of carbonyl (C=O) groups excluding carboxylic acids is 2. The number of nitrogens with zero attached hydrogens (tertiary/aromatic N) is 2. The summed E-state index contributed by atoms with van der Waals surface area (Å²) in [5, 5.41) is 12.1. The second-order valence-electron chi connectivity index (χ2n) is 8.03. The minimum absolute atomic E-state index is 0.00586. The maximum Gasteiger partial charge on any atom is 0.295 e. The lowest BCUT2D eigenvalue weighted by Gasteiger charge is -2.35. The highest BCUT2D eigenvalue weighted by atomic mass is 16.3. The summed E-state index contributed by atoms with van der Waals surface area (Å²) in [5.74, 6) is -1.30. The van der Waals surface area contributed by atoms with Crippen LogP contribution in [0.15, 0.2) is 60.6 Å². The van der Waals surface area contributed by atoms with Crippen LogP contribution < -0.4 is 0 Å². The number of para-hydroxylation sites is 1. The zero-order chi connectivity index (χ0) is 20.7. The number of likely N-dealkylation sites (tertiary alicyclic amines) is 1. The summed E-state index contributed by atoms with van der Waals surface area (Å²) in [5.41, 5.74) is 2.27. The molecule has 6 heteroatoms. The number of nitrogens with one attached hydrogen (secondary N) is 1. The van der Waals surface area contributed by atoms with Crippen molar-refractivity contribution in [2.24, 2.45) is 0 Å². The molecule has 6 nitrogen and oxygen atoms in total. The normalized spacial score (nSPS) is 22.1. The number of aliphatic hydroxyl groups is 1. The van der Waals surface area contributed by atoms with E-state index in [0.29, 0.717) is 5.56 Å². The number of pyridine rings is 1. The fourth-order valence-corrected chi connectivity index (χ4v) is 4.86. The molecule has 2 aliphatic rings. The molecule has 30 heavy (non-hydrogen) atoms. The second kappa shape index (κ2) is 7.44. The Morgan fingerprint density at radius 2 is 1.87 bits per heavy atom. The molecule has 1 saturated carbocycles. The van der Waals surface area contributed by atoms with Crippen LogP contribution >= 0.6 is 0 Å². The highest BCUT2D eigenvalue weighted by molar-refractivity contribution is 6.46. The molecule has 5 rings (SSSR count). The summed E-state index contributed by atoms with van der Waals surface area (Å²) < 4.78 is 0. The summed E-state index contributed by atoms with van der Waals surface area (Å²) in [4.78, 5) is 35.3. The van der Waals surface area contributed by atoms with Crippen molar-refractivity contribution in [1.82, 2.24) is 14.9 Å². The van der Waals surface area contributed by atoms with E-state index in [1.807, 2.05) is 30.3 Å². The summed E-state index contributed by atoms with van der Waals surface area (Å²) >= 11 is 0. The lowest BCUT2D eigenvalue weighted by Crippen LogP contribution is -2.40. The van der Waals surface area contributed by atoms with Crippen LogP contribution in [0, 0.1) is 0 Å². The van der Waals surface area contributed by atoms with Crippen LogP contribution in [0.2, 0.25) is 0 Å². The Kier molecular flexibility index (Phi) is 4.62. The predicted octanol–water partition coefficient (Wildman–Crippen LogP) is 4.32. The summed E-state index contributed by atoms with van der Waals surface area (Å²) in [6.07, 6.45) is 9.99. The van der Waals surface area contributed by atoms with Gasteiger partial charge in [0.05, 0.1) is 11.6 Å². The van der Waals surface area contributed by atoms with Crippen LogP contribution in [0.5, 0.6) is 0 Å². The van der Waals surface area contributed by atoms with E-state index >= 15 is 0 Å². The number of H-pyrrole nitrogens is 1. The Hall–Kier alpha value is -3.41. The van der Waals surface area contributed by atoms with Crippen molar-refractivity contribution in [2.75, 3.05) is 0 Å². The minimum Gasteiger partial charge on any atom is -0.507 e. The zero-order valence-corrected chi connectivity index (χ0v) is 16.5. The SMILES string of the molecule is O=C1C(=O)N(C2CCCCC2)C(c2cccnc2)/C1=C(/O)c1c[nH]c2ccccc12. The number of carbonyl (C=O) groups is 2. The molecule has 1 atom stereocenters. The molecule has 2 N–H and O–H groups in total. The first-order chi connectivity index (χ1) is 14.7. The van der Waals surface area contributed by atoms with E-state index < -0.39 is 17.7 Å². The topological polar surface area (TPSA) is 86.3 Å². The molecule has 152 valence electrons. The zero-order valence-electron chi connectivity index (χ0n) is 16.5. The average Bonchev–Trinajstić information content (AvgIpc) is 3.34. The molecule has 1 saturated heterocycles. The Morgan fingerprint density at radius 1 is 1.07 bits per heavy atom. The van der Waals surface area contributed by atoms with Crippen molar-refractivity contribution in [3.63, 3.8) is 0 Å². The van der Waals surface area contributed by atoms with Crippen molar-refractivity contribution >= 4 is 28.4 Å². The molecule has 1 aliphatic heterocycles. The smallest absolute Gasteiger partial charge is 0.295 e. The molecule has 0 spiro atoms. The van der Waals surface area contributed by atoms with Crippen molar-refractivity contribution in [3.8, 4) is 0 Å². The number of amides is 1. The summed E-state index contributed by atoms with van der Waals surface area (Å²) in [7, 11) is 0. The fraction of sp³-hybridized carbons (Fsp3) is 0.292. The van der Waals surface area contributed by atoms with Crippen molar-refractivity contribution in [3.05, 3.63) is 71.7 Å². The van der Waals surface area contributed by atoms with Gasteiger partial charge in [-0.15, -0.1) is 0 Å². The monoisotopic (exact) mass is 401 g/mol. The summed E-state index contributed by atoms with van der Waals surface area (Å²) in [6, 6.07) is 10.6. The molecule has 2 fully saturated rings. The van der Waals surface area contributed by atoms with Gasteiger partial charge in [0.25, 0.3) is 11.7 Å². The van der Waals surface area contributed by atoms with Gasteiger partial charge in [-0.3, -0.25) is 14.6 Å². The van der Waals surface area contributed by atoms with Gasteiger partial charge in [-0.2, -0.15) is 0 Å². The lowest BCUT2D eigenvalue weighted by molar-refractivity contribution is -0.141. The number of ketones is 1. The van der Waals surface area contributed by atoms with Gasteiger partial charge < -0.3 is 15.0 Å². The molecule has 1 unspecified atom stereocenters. The number of aromatic amines is 1. The van der Waals surface area contributed by atoms with Crippen molar-refractivity contribution < 1.29 is 14.7 Å². The average molecular weight is 401 g/mol. The largest absolute Gasteiger partial charge is 0.507 e. The molecule has 1 aromatic carbocycles. The van der Waals surface area contributed by atoms with Crippen LogP contribution in [-0.4, -0.2) is 37.7 Å². The third kappa shape index (κ3) is 2.91. The number of benzene rings is 1. The number of aliphatic hydroxyl groups excluding tert-OH is 1. The van der Waals surface area contributed by atoms with Crippen molar-refractivity contribution in [1.29, 1.82) is 0 Å². The van der Waals surface area contributed by atoms with Gasteiger partial charge in [0.1, 0.15) is 5.76 Å². The summed E-state index contributed by atoms with van der Waals surface area (Å²) in [6.45, 7) is 0. The Balaban J connectivity index is 1.69. The minimum atomic E-state index is -0.629. The van der Waals surface area contributed by atoms with E-state index in [-0.39, 0.29) is 17.4 Å². The molecular formula is C24H23N3O3. The van der Waals surface area contributed by atoms with Crippen LogP contribution in [0.25, 0.3) is 16.7 Å². The van der Waals surface area contributed by atoms with E-state index in [1.54, 1.807) is 29.6 Å². The van der Waals surface area contributed by atoms with Crippen LogP contribution in [0.3, 0.4) is 0 Å².